The Bertz CT molecular complexity index is 1640. The molecule has 0 aliphatic carbocycles. The van der Waals surface area contributed by atoms with Crippen molar-refractivity contribution in [3.8, 4) is 11.5 Å². The summed E-state index contributed by atoms with van der Waals surface area (Å²) in [6, 6.07) is 18.7. The van der Waals surface area contributed by atoms with E-state index in [0.29, 0.717) is 0 Å². The van der Waals surface area contributed by atoms with Crippen molar-refractivity contribution < 1.29 is 46.5 Å². The highest BCUT2D eigenvalue weighted by atomic mass is 32.2. The molecular formula is C30H24N2O10S. The Hall–Kier alpha value is -5.43. The first-order valence-electron chi connectivity index (χ1n) is 12.8. The lowest BCUT2D eigenvalue weighted by atomic mass is 10.3. The van der Waals surface area contributed by atoms with E-state index in [2.05, 4.69) is 9.97 Å². The molecule has 0 saturated heterocycles. The van der Waals surface area contributed by atoms with Crippen molar-refractivity contribution in [2.45, 2.75) is 23.6 Å². The third kappa shape index (κ3) is 7.45. The number of sulfone groups is 1. The highest BCUT2D eigenvalue weighted by Crippen LogP contribution is 2.25. The number of hydrogen-bond acceptors (Lipinski definition) is 12. The van der Waals surface area contributed by atoms with E-state index in [9.17, 15) is 27.6 Å². The number of rotatable bonds is 10. The van der Waals surface area contributed by atoms with Crippen LogP contribution < -0.4 is 9.47 Å². The van der Waals surface area contributed by atoms with E-state index in [1.54, 1.807) is 13.8 Å². The monoisotopic (exact) mass is 604 g/mol. The highest BCUT2D eigenvalue weighted by Gasteiger charge is 2.20. The summed E-state index contributed by atoms with van der Waals surface area (Å²) in [4.78, 5) is 56.5. The van der Waals surface area contributed by atoms with Gasteiger partial charge in [0.25, 0.3) is 0 Å². The van der Waals surface area contributed by atoms with E-state index in [4.69, 9.17) is 18.9 Å². The van der Waals surface area contributed by atoms with Crippen LogP contribution in [0.1, 0.15) is 55.8 Å². The second-order valence-corrected chi connectivity index (χ2v) is 10.4. The average molecular weight is 605 g/mol. The molecule has 0 bridgehead atoms. The van der Waals surface area contributed by atoms with E-state index in [-0.39, 0.29) is 57.3 Å². The van der Waals surface area contributed by atoms with E-state index in [1.165, 1.54) is 84.9 Å². The Morgan fingerprint density at radius 1 is 0.535 bits per heavy atom. The second kappa shape index (κ2) is 13.5. The van der Waals surface area contributed by atoms with Crippen molar-refractivity contribution in [3.63, 3.8) is 0 Å². The molecule has 0 unspecified atom stereocenters. The number of pyridine rings is 2. The molecule has 0 radical (unpaired) electrons. The predicted octanol–water partition coefficient (Wildman–Crippen LogP) is 4.10. The van der Waals surface area contributed by atoms with Gasteiger partial charge in [0.15, 0.2) is 0 Å². The van der Waals surface area contributed by atoms with Crippen LogP contribution in [0.2, 0.25) is 0 Å². The molecule has 2 aromatic carbocycles. The summed E-state index contributed by atoms with van der Waals surface area (Å²) in [5.41, 5.74) is -0.382. The SMILES string of the molecule is CCOC(=O)c1cccc(C(=O)Oc2ccc(S(=O)(=O)c3ccc(OC(=O)c4cccc(C(=O)OCC)n4)cc3)cc2)n1. The van der Waals surface area contributed by atoms with Gasteiger partial charge in [0.05, 0.1) is 23.0 Å². The van der Waals surface area contributed by atoms with Crippen LogP contribution in [0.15, 0.2) is 94.7 Å². The number of ether oxygens (including phenoxy) is 4. The lowest BCUT2D eigenvalue weighted by molar-refractivity contribution is 0.0509. The predicted molar refractivity (Wildman–Crippen MR) is 149 cm³/mol. The maximum atomic E-state index is 13.1. The van der Waals surface area contributed by atoms with Crippen molar-refractivity contribution in [2.24, 2.45) is 0 Å². The van der Waals surface area contributed by atoms with Crippen LogP contribution in [0.25, 0.3) is 0 Å². The van der Waals surface area contributed by atoms with Crippen molar-refractivity contribution in [3.05, 3.63) is 108 Å². The maximum Gasteiger partial charge on any atom is 0.362 e. The van der Waals surface area contributed by atoms with Gasteiger partial charge in [0.1, 0.15) is 34.3 Å². The molecular weight excluding hydrogens is 580 g/mol. The molecule has 0 fully saturated rings. The third-order valence-corrected chi connectivity index (χ3v) is 7.36. The Labute approximate surface area is 246 Å². The summed E-state index contributed by atoms with van der Waals surface area (Å²) >= 11 is 0. The van der Waals surface area contributed by atoms with Gasteiger partial charge in [-0.05, 0) is 86.6 Å². The number of benzene rings is 2. The van der Waals surface area contributed by atoms with Gasteiger partial charge in [-0.2, -0.15) is 0 Å². The van der Waals surface area contributed by atoms with Gasteiger partial charge in [-0.3, -0.25) is 0 Å². The molecule has 4 rings (SSSR count). The molecule has 220 valence electrons. The largest absolute Gasteiger partial charge is 0.461 e. The molecule has 0 saturated carbocycles. The van der Waals surface area contributed by atoms with Crippen LogP contribution in [0.4, 0.5) is 0 Å². The summed E-state index contributed by atoms with van der Waals surface area (Å²) in [7, 11) is -3.98. The Kier molecular flexibility index (Phi) is 9.58. The van der Waals surface area contributed by atoms with E-state index < -0.39 is 33.7 Å². The number of esters is 4. The first-order chi connectivity index (χ1) is 20.6. The number of hydrogen-bond donors (Lipinski definition) is 0. The molecule has 12 nitrogen and oxygen atoms in total. The summed E-state index contributed by atoms with van der Waals surface area (Å²) in [5, 5.41) is 0. The van der Waals surface area contributed by atoms with Crippen LogP contribution in [0.5, 0.6) is 11.5 Å². The Balaban J connectivity index is 1.41. The molecule has 2 aromatic heterocycles. The van der Waals surface area contributed by atoms with Crippen LogP contribution >= 0.6 is 0 Å². The van der Waals surface area contributed by atoms with E-state index >= 15 is 0 Å². The fraction of sp³-hybridized carbons (Fsp3) is 0.133. The minimum atomic E-state index is -3.98. The van der Waals surface area contributed by atoms with Gasteiger partial charge in [0, 0.05) is 0 Å². The number of carbonyl (C=O) groups excluding carboxylic acids is 4. The number of carbonyl (C=O) groups is 4. The van der Waals surface area contributed by atoms with E-state index in [0.717, 1.165) is 0 Å². The first kappa shape index (κ1) is 30.5. The molecule has 0 atom stereocenters. The molecule has 0 aliphatic heterocycles. The zero-order valence-corrected chi connectivity index (χ0v) is 23.7. The lowest BCUT2D eigenvalue weighted by Gasteiger charge is -2.09. The standard InChI is InChI=1S/C30H24N2O10S/c1-3-39-27(33)23-7-5-9-25(31-23)29(35)41-19-11-15-21(16-12-19)43(37,38)22-17-13-20(14-18-22)42-30(36)26-10-6-8-24(32-26)28(34)40-4-2/h5-18H,3-4H2,1-2H3. The fourth-order valence-electron chi connectivity index (χ4n) is 3.56. The topological polar surface area (TPSA) is 165 Å². The maximum absolute atomic E-state index is 13.1. The number of nitrogens with zero attached hydrogens (tertiary/aromatic N) is 2. The van der Waals surface area contributed by atoms with Crippen molar-refractivity contribution in [1.29, 1.82) is 0 Å². The molecule has 0 spiro atoms. The molecule has 4 aromatic rings. The van der Waals surface area contributed by atoms with Gasteiger partial charge in [-0.1, -0.05) is 12.1 Å². The molecule has 0 amide bonds. The Morgan fingerprint density at radius 3 is 1.19 bits per heavy atom. The van der Waals surface area contributed by atoms with Gasteiger partial charge in [-0.15, -0.1) is 0 Å². The van der Waals surface area contributed by atoms with Crippen molar-refractivity contribution in [1.82, 2.24) is 9.97 Å². The normalized spacial score (nSPS) is 10.8. The fourth-order valence-corrected chi connectivity index (χ4v) is 4.82. The molecule has 0 N–H and O–H groups in total. The summed E-state index contributed by atoms with van der Waals surface area (Å²) in [6.45, 7) is 3.58. The molecule has 43 heavy (non-hydrogen) atoms. The third-order valence-electron chi connectivity index (χ3n) is 5.57. The van der Waals surface area contributed by atoms with Crippen LogP contribution in [0.3, 0.4) is 0 Å². The minimum Gasteiger partial charge on any atom is -0.461 e. The minimum absolute atomic E-state index is 0.0511. The average Bonchev–Trinajstić information content (AvgIpc) is 3.02. The second-order valence-electron chi connectivity index (χ2n) is 8.48. The van der Waals surface area contributed by atoms with Crippen molar-refractivity contribution >= 4 is 33.7 Å². The lowest BCUT2D eigenvalue weighted by Crippen LogP contribution is -2.14. The zero-order chi connectivity index (χ0) is 31.0. The van der Waals surface area contributed by atoms with Gasteiger partial charge >= 0.3 is 23.9 Å². The number of aromatic nitrogens is 2. The van der Waals surface area contributed by atoms with Crippen LogP contribution in [-0.4, -0.2) is 55.5 Å². The smallest absolute Gasteiger partial charge is 0.362 e. The van der Waals surface area contributed by atoms with E-state index in [1.807, 2.05) is 0 Å². The summed E-state index contributed by atoms with van der Waals surface area (Å²) < 4.78 is 46.5. The first-order valence-corrected chi connectivity index (χ1v) is 14.3. The van der Waals surface area contributed by atoms with Crippen LogP contribution in [0, 0.1) is 0 Å². The summed E-state index contributed by atoms with van der Waals surface area (Å²) in [6.07, 6.45) is 0. The summed E-state index contributed by atoms with van der Waals surface area (Å²) in [5.74, 6) is -2.97. The molecule has 2 heterocycles. The quantitative estimate of drug-likeness (QED) is 0.188. The molecule has 13 heteroatoms. The van der Waals surface area contributed by atoms with Gasteiger partial charge < -0.3 is 18.9 Å². The zero-order valence-electron chi connectivity index (χ0n) is 22.9. The molecule has 0 aliphatic rings. The van der Waals surface area contributed by atoms with Gasteiger partial charge in [-0.25, -0.2) is 37.6 Å². The highest BCUT2D eigenvalue weighted by molar-refractivity contribution is 7.91. The van der Waals surface area contributed by atoms with Gasteiger partial charge in [0.2, 0.25) is 9.84 Å². The van der Waals surface area contributed by atoms with Crippen molar-refractivity contribution in [2.75, 3.05) is 13.2 Å². The Morgan fingerprint density at radius 2 is 0.860 bits per heavy atom. The van der Waals surface area contributed by atoms with Crippen LogP contribution in [-0.2, 0) is 19.3 Å².